The Bertz CT molecular complexity index is 901. The maximum atomic E-state index is 10.5. The lowest BCUT2D eigenvalue weighted by atomic mass is 10.2. The molecule has 1 aromatic carbocycles. The number of hydrogen-bond acceptors (Lipinski definition) is 5. The van der Waals surface area contributed by atoms with Crippen LogP contribution < -0.4 is 15.5 Å². The summed E-state index contributed by atoms with van der Waals surface area (Å²) in [5.41, 5.74) is 1.08. The molecule has 3 aromatic rings. The van der Waals surface area contributed by atoms with Crippen LogP contribution in [0, 0.1) is 0 Å². The summed E-state index contributed by atoms with van der Waals surface area (Å²) in [5, 5.41) is 18.2. The third kappa shape index (κ3) is 5.46. The minimum atomic E-state index is -0.582. The third-order valence-electron chi connectivity index (χ3n) is 4.82. The van der Waals surface area contributed by atoms with Crippen LogP contribution in [0.4, 0.5) is 5.82 Å². The molecule has 0 saturated carbocycles. The highest BCUT2D eigenvalue weighted by atomic mass is 32.1. The lowest BCUT2D eigenvalue weighted by Gasteiger charge is -2.20. The molecule has 1 unspecified atom stereocenters. The van der Waals surface area contributed by atoms with Crippen molar-refractivity contribution in [3.8, 4) is 0 Å². The van der Waals surface area contributed by atoms with Crippen LogP contribution in [0.3, 0.4) is 0 Å². The zero-order valence-electron chi connectivity index (χ0n) is 17.2. The van der Waals surface area contributed by atoms with Gasteiger partial charge in [-0.25, -0.2) is 4.98 Å². The number of anilines is 1. The SMILES string of the molecule is CCN(CC)c1ccc(CNC(=NC)NCC(O)c2cc3ccccc3s2)cn1. The summed E-state index contributed by atoms with van der Waals surface area (Å²) in [6.07, 6.45) is 1.31. The van der Waals surface area contributed by atoms with Crippen molar-refractivity contribution < 1.29 is 5.11 Å². The van der Waals surface area contributed by atoms with Crippen LogP contribution in [0.5, 0.6) is 0 Å². The van der Waals surface area contributed by atoms with Gasteiger partial charge in [-0.05, 0) is 43.0 Å². The highest BCUT2D eigenvalue weighted by Gasteiger charge is 2.12. The van der Waals surface area contributed by atoms with Gasteiger partial charge in [-0.1, -0.05) is 24.3 Å². The average molecular weight is 412 g/mol. The van der Waals surface area contributed by atoms with E-state index in [9.17, 15) is 5.11 Å². The van der Waals surface area contributed by atoms with E-state index in [2.05, 4.69) is 57.6 Å². The number of hydrogen-bond donors (Lipinski definition) is 3. The molecule has 0 fully saturated rings. The number of fused-ring (bicyclic) bond motifs is 1. The van der Waals surface area contributed by atoms with Crippen molar-refractivity contribution in [1.29, 1.82) is 0 Å². The van der Waals surface area contributed by atoms with Crippen molar-refractivity contribution in [3.63, 3.8) is 0 Å². The number of aromatic nitrogens is 1. The van der Waals surface area contributed by atoms with Crippen molar-refractivity contribution >= 4 is 33.2 Å². The first-order chi connectivity index (χ1) is 14.1. The summed E-state index contributed by atoms with van der Waals surface area (Å²) in [6.45, 7) is 7.16. The lowest BCUT2D eigenvalue weighted by Crippen LogP contribution is -2.38. The van der Waals surface area contributed by atoms with Crippen LogP contribution in [-0.2, 0) is 6.54 Å². The van der Waals surface area contributed by atoms with E-state index in [0.29, 0.717) is 19.0 Å². The van der Waals surface area contributed by atoms with Gasteiger partial charge in [0.2, 0.25) is 0 Å². The molecule has 0 aliphatic heterocycles. The van der Waals surface area contributed by atoms with Crippen LogP contribution in [0.1, 0.15) is 30.4 Å². The second kappa shape index (κ2) is 10.2. The molecule has 3 N–H and O–H groups in total. The van der Waals surface area contributed by atoms with Crippen LogP contribution in [0.15, 0.2) is 53.7 Å². The molecule has 3 rings (SSSR count). The lowest BCUT2D eigenvalue weighted by molar-refractivity contribution is 0.184. The van der Waals surface area contributed by atoms with Gasteiger partial charge in [0, 0.05) is 49.0 Å². The molecule has 0 saturated heterocycles. The number of aliphatic hydroxyl groups excluding tert-OH is 1. The first-order valence-corrected chi connectivity index (χ1v) is 10.8. The molecule has 0 spiro atoms. The molecule has 6 nitrogen and oxygen atoms in total. The molecule has 1 atom stereocenters. The summed E-state index contributed by atoms with van der Waals surface area (Å²) >= 11 is 1.62. The number of rotatable bonds is 8. The Hall–Kier alpha value is -2.64. The molecule has 0 aliphatic carbocycles. The topological polar surface area (TPSA) is 72.8 Å². The summed E-state index contributed by atoms with van der Waals surface area (Å²) in [4.78, 5) is 12.0. The van der Waals surface area contributed by atoms with E-state index in [0.717, 1.165) is 34.7 Å². The van der Waals surface area contributed by atoms with E-state index in [1.54, 1.807) is 18.4 Å². The van der Waals surface area contributed by atoms with Crippen LogP contribution in [0.2, 0.25) is 0 Å². The first kappa shape index (κ1) is 21.1. The molecule has 7 heteroatoms. The molecule has 0 amide bonds. The van der Waals surface area contributed by atoms with Gasteiger partial charge in [-0.2, -0.15) is 0 Å². The molecule has 0 radical (unpaired) electrons. The minimum absolute atomic E-state index is 0.394. The van der Waals surface area contributed by atoms with Gasteiger partial charge in [0.1, 0.15) is 11.9 Å². The first-order valence-electron chi connectivity index (χ1n) is 9.95. The largest absolute Gasteiger partial charge is 0.386 e. The van der Waals surface area contributed by atoms with E-state index < -0.39 is 6.10 Å². The number of guanidine groups is 1. The maximum absolute atomic E-state index is 10.5. The van der Waals surface area contributed by atoms with Gasteiger partial charge in [0.15, 0.2) is 5.96 Å². The predicted molar refractivity (Wildman–Crippen MR) is 123 cm³/mol. The Kier molecular flexibility index (Phi) is 7.43. The van der Waals surface area contributed by atoms with Crippen LogP contribution >= 0.6 is 11.3 Å². The number of pyridine rings is 1. The smallest absolute Gasteiger partial charge is 0.191 e. The van der Waals surface area contributed by atoms with Crippen molar-refractivity contribution in [3.05, 3.63) is 59.1 Å². The second-order valence-electron chi connectivity index (χ2n) is 6.71. The molecule has 29 heavy (non-hydrogen) atoms. The quantitative estimate of drug-likeness (QED) is 0.391. The summed E-state index contributed by atoms with van der Waals surface area (Å²) in [5.74, 6) is 1.64. The molecule has 0 aliphatic rings. The van der Waals surface area contributed by atoms with E-state index in [-0.39, 0.29) is 0 Å². The van der Waals surface area contributed by atoms with Gasteiger partial charge in [0.25, 0.3) is 0 Å². The minimum Gasteiger partial charge on any atom is -0.386 e. The van der Waals surface area contributed by atoms with Crippen molar-refractivity contribution in [2.45, 2.75) is 26.5 Å². The van der Waals surface area contributed by atoms with Crippen LogP contribution in [0.25, 0.3) is 10.1 Å². The second-order valence-corrected chi connectivity index (χ2v) is 7.82. The monoisotopic (exact) mass is 411 g/mol. The normalized spacial score (nSPS) is 12.8. The van der Waals surface area contributed by atoms with E-state index in [1.165, 1.54) is 4.70 Å². The number of aliphatic imine (C=N–C) groups is 1. The van der Waals surface area contributed by atoms with E-state index >= 15 is 0 Å². The van der Waals surface area contributed by atoms with Crippen molar-refractivity contribution in [1.82, 2.24) is 15.6 Å². The highest BCUT2D eigenvalue weighted by Crippen LogP contribution is 2.29. The van der Waals surface area contributed by atoms with E-state index in [4.69, 9.17) is 0 Å². The summed E-state index contributed by atoms with van der Waals surface area (Å²) < 4.78 is 1.18. The summed E-state index contributed by atoms with van der Waals surface area (Å²) in [7, 11) is 1.73. The Morgan fingerprint density at radius 2 is 1.97 bits per heavy atom. The molecule has 0 bridgehead atoms. The zero-order valence-corrected chi connectivity index (χ0v) is 18.0. The number of nitrogens with one attached hydrogen (secondary N) is 2. The number of thiophene rings is 1. The molecule has 2 aromatic heterocycles. The standard InChI is InChI=1S/C22H29N5OS/c1-4-27(5-2)21-11-10-16(13-24-21)14-25-22(23-3)26-15-18(28)20-12-17-8-6-7-9-19(17)29-20/h6-13,18,28H,4-5,14-15H2,1-3H3,(H2,23,25,26). The fraction of sp³-hybridized carbons (Fsp3) is 0.364. The van der Waals surface area contributed by atoms with Crippen molar-refractivity contribution in [2.75, 3.05) is 31.6 Å². The van der Waals surface area contributed by atoms with Crippen LogP contribution in [-0.4, -0.2) is 42.7 Å². The Labute approximate surface area is 176 Å². The molecule has 154 valence electrons. The fourth-order valence-corrected chi connectivity index (χ4v) is 4.17. The zero-order chi connectivity index (χ0) is 20.6. The highest BCUT2D eigenvalue weighted by molar-refractivity contribution is 7.19. The van der Waals surface area contributed by atoms with Gasteiger partial charge in [-0.15, -0.1) is 11.3 Å². The maximum Gasteiger partial charge on any atom is 0.191 e. The number of nitrogens with zero attached hydrogens (tertiary/aromatic N) is 3. The molecular formula is C22H29N5OS. The van der Waals surface area contributed by atoms with Gasteiger partial charge >= 0.3 is 0 Å². The number of benzene rings is 1. The van der Waals surface area contributed by atoms with Gasteiger partial charge in [-0.3, -0.25) is 4.99 Å². The Morgan fingerprint density at radius 3 is 2.62 bits per heavy atom. The van der Waals surface area contributed by atoms with Gasteiger partial charge in [0.05, 0.1) is 0 Å². The number of aliphatic hydroxyl groups is 1. The Morgan fingerprint density at radius 1 is 1.17 bits per heavy atom. The third-order valence-corrected chi connectivity index (χ3v) is 6.03. The fourth-order valence-electron chi connectivity index (χ4n) is 3.12. The van der Waals surface area contributed by atoms with Gasteiger partial charge < -0.3 is 20.6 Å². The van der Waals surface area contributed by atoms with E-state index in [1.807, 2.05) is 30.5 Å². The molecule has 2 heterocycles. The summed E-state index contributed by atoms with van der Waals surface area (Å²) in [6, 6.07) is 14.3. The molecular weight excluding hydrogens is 382 g/mol. The predicted octanol–water partition coefficient (Wildman–Crippen LogP) is 3.54. The average Bonchev–Trinajstić information content (AvgIpc) is 3.20. The van der Waals surface area contributed by atoms with Crippen molar-refractivity contribution in [2.24, 2.45) is 4.99 Å². The Balaban J connectivity index is 1.51.